The molecule has 0 spiro atoms. The van der Waals surface area contributed by atoms with Gasteiger partial charge < -0.3 is 4.90 Å². The minimum atomic E-state index is -1.17. The summed E-state index contributed by atoms with van der Waals surface area (Å²) in [5.74, 6) is 0. The molecule has 39 heavy (non-hydrogen) atoms. The number of benzene rings is 5. The van der Waals surface area contributed by atoms with Crippen molar-refractivity contribution in [2.24, 2.45) is 0 Å². The predicted octanol–water partition coefficient (Wildman–Crippen LogP) is 10.7. The molecule has 2 aliphatic rings. The van der Waals surface area contributed by atoms with Gasteiger partial charge in [0, 0.05) is 36.6 Å². The highest BCUT2D eigenvalue weighted by Gasteiger charge is 2.38. The van der Waals surface area contributed by atoms with Crippen molar-refractivity contribution in [3.8, 4) is 22.3 Å². The van der Waals surface area contributed by atoms with Crippen molar-refractivity contribution >= 4 is 37.1 Å². The van der Waals surface area contributed by atoms with Crippen LogP contribution < -0.4 is 4.90 Å². The van der Waals surface area contributed by atoms with Gasteiger partial charge >= 0.3 is 0 Å². The Labute approximate surface area is 236 Å². The molecule has 0 atom stereocenters. The molecule has 0 aromatic heterocycles. The molecular weight excluding hydrogens is 511 g/mol. The number of aryl methyl sites for hydroxylation is 2. The van der Waals surface area contributed by atoms with Crippen LogP contribution >= 0.6 is 20.1 Å². The second-order valence-corrected chi connectivity index (χ2v) is 18.7. The second kappa shape index (κ2) is 8.55. The zero-order valence-electron chi connectivity index (χ0n) is 23.6. The third-order valence-corrected chi connectivity index (χ3v) is 14.3. The average molecular weight is 546 g/mol. The fourth-order valence-electron chi connectivity index (χ4n) is 6.33. The van der Waals surface area contributed by atoms with Crippen LogP contribution in [0.3, 0.4) is 0 Å². The van der Waals surface area contributed by atoms with Crippen LogP contribution in [0.5, 0.6) is 0 Å². The third-order valence-electron chi connectivity index (χ3n) is 8.56. The minimum absolute atomic E-state index is 1.02. The highest BCUT2D eigenvalue weighted by Crippen LogP contribution is 2.73. The normalized spacial score (nSPS) is 17.0. The lowest BCUT2D eigenvalue weighted by Crippen LogP contribution is -2.10. The van der Waals surface area contributed by atoms with E-state index in [-0.39, 0.29) is 0 Å². The van der Waals surface area contributed by atoms with E-state index in [1.54, 1.807) is 9.79 Å². The van der Waals surface area contributed by atoms with Gasteiger partial charge in [0.1, 0.15) is 0 Å². The number of fused-ring (bicyclic) bond motifs is 6. The first-order chi connectivity index (χ1) is 18.7. The van der Waals surface area contributed by atoms with E-state index < -0.39 is 20.1 Å². The maximum absolute atomic E-state index is 2.59. The van der Waals surface area contributed by atoms with Gasteiger partial charge in [-0.1, -0.05) is 59.7 Å². The summed E-state index contributed by atoms with van der Waals surface area (Å²) in [5.41, 5.74) is 11.9. The van der Waals surface area contributed by atoms with Gasteiger partial charge in [-0.3, -0.25) is 0 Å². The van der Waals surface area contributed by atoms with Crippen LogP contribution in [-0.4, -0.2) is 25.0 Å². The molecule has 0 amide bonds. The van der Waals surface area contributed by atoms with Crippen molar-refractivity contribution in [1.82, 2.24) is 0 Å². The molecule has 0 aliphatic carbocycles. The lowest BCUT2D eigenvalue weighted by Gasteiger charge is -2.33. The zero-order chi connectivity index (χ0) is 27.1. The van der Waals surface area contributed by atoms with E-state index in [0.29, 0.717) is 0 Å². The number of nitrogens with zero attached hydrogens (tertiary/aromatic N) is 1. The molecule has 0 bridgehead atoms. The Balaban J connectivity index is 1.40. The Hall–Kier alpha value is -3.40. The first kappa shape index (κ1) is 24.6. The molecule has 0 unspecified atom stereocenters. The first-order valence-corrected chi connectivity index (χ1v) is 18.4. The molecule has 5 aromatic rings. The Morgan fingerprint density at radius 2 is 0.872 bits per heavy atom. The smallest absolute Gasteiger partial charge is 0.0472 e. The summed E-state index contributed by atoms with van der Waals surface area (Å²) in [6.07, 6.45) is 9.90. The molecule has 196 valence electrons. The van der Waals surface area contributed by atoms with Crippen molar-refractivity contribution in [1.29, 1.82) is 0 Å². The summed E-state index contributed by atoms with van der Waals surface area (Å²) in [7, 11) is -2.19. The molecule has 0 fully saturated rings. The van der Waals surface area contributed by atoms with Crippen molar-refractivity contribution in [3.63, 3.8) is 0 Å². The van der Waals surface area contributed by atoms with E-state index in [1.807, 2.05) is 0 Å². The van der Waals surface area contributed by atoms with E-state index >= 15 is 0 Å². The van der Waals surface area contributed by atoms with Crippen LogP contribution in [0.1, 0.15) is 11.1 Å². The highest BCUT2D eigenvalue weighted by molar-refractivity contribution is 8.33. The maximum atomic E-state index is 2.59. The minimum Gasteiger partial charge on any atom is -0.310 e. The lowest BCUT2D eigenvalue weighted by molar-refractivity contribution is 1.25. The Bertz CT molecular complexity index is 1720. The van der Waals surface area contributed by atoms with Crippen LogP contribution in [0, 0.1) is 13.8 Å². The molecule has 5 aromatic carbocycles. The topological polar surface area (TPSA) is 3.24 Å². The van der Waals surface area contributed by atoms with Gasteiger partial charge in [-0.15, -0.1) is 0 Å². The SMILES string of the molecule is Cc1ccc(N(c2ccc(C)cc2)c2ccc3c(c2)S(C)(C)c2cc4c(cc2-3)-c2ccccc2S4(C)C)cc1. The van der Waals surface area contributed by atoms with Gasteiger partial charge in [0.15, 0.2) is 0 Å². The van der Waals surface area contributed by atoms with Crippen molar-refractivity contribution in [3.05, 3.63) is 114 Å². The van der Waals surface area contributed by atoms with E-state index in [0.717, 1.165) is 0 Å². The molecule has 3 heteroatoms. The number of rotatable bonds is 3. The molecule has 0 N–H and O–H groups in total. The van der Waals surface area contributed by atoms with Gasteiger partial charge in [-0.25, -0.2) is 0 Å². The molecular formula is C36H35NS2. The second-order valence-electron chi connectivity index (χ2n) is 11.7. The molecule has 2 heterocycles. The molecule has 2 aliphatic heterocycles. The standard InChI is InChI=1S/C36H35NS2/c1-24-11-15-26(16-12-24)37(27-17-13-25(2)14-18-27)28-19-20-30-32-22-31-29-9-7-8-10-33(29)38(3,4)35(31)23-36(32)39(5,6)34(30)21-28/h7-23H,1-6H3. The zero-order valence-corrected chi connectivity index (χ0v) is 25.2. The molecule has 0 radical (unpaired) electrons. The summed E-state index contributed by atoms with van der Waals surface area (Å²) < 4.78 is 0. The summed E-state index contributed by atoms with van der Waals surface area (Å²) >= 11 is 0. The van der Waals surface area contributed by atoms with E-state index in [1.165, 1.54) is 60.2 Å². The lowest BCUT2D eigenvalue weighted by atomic mass is 9.99. The highest BCUT2D eigenvalue weighted by atomic mass is 32.3. The van der Waals surface area contributed by atoms with E-state index in [4.69, 9.17) is 0 Å². The molecule has 1 nitrogen and oxygen atoms in total. The Morgan fingerprint density at radius 1 is 0.410 bits per heavy atom. The van der Waals surface area contributed by atoms with Gasteiger partial charge in [0.25, 0.3) is 0 Å². The maximum Gasteiger partial charge on any atom is 0.0472 e. The van der Waals surface area contributed by atoms with Gasteiger partial charge in [0.2, 0.25) is 0 Å². The number of hydrogen-bond acceptors (Lipinski definition) is 1. The largest absolute Gasteiger partial charge is 0.310 e. The summed E-state index contributed by atoms with van der Waals surface area (Å²) in [6.45, 7) is 4.30. The molecule has 0 saturated carbocycles. The fraction of sp³-hybridized carbons (Fsp3) is 0.167. The quantitative estimate of drug-likeness (QED) is 0.218. The number of anilines is 3. The van der Waals surface area contributed by atoms with Crippen molar-refractivity contribution < 1.29 is 0 Å². The number of hydrogen-bond donors (Lipinski definition) is 0. The molecule has 7 rings (SSSR count). The van der Waals surface area contributed by atoms with Crippen molar-refractivity contribution in [2.45, 2.75) is 33.4 Å². The Kier molecular flexibility index (Phi) is 5.40. The third kappa shape index (κ3) is 3.63. The van der Waals surface area contributed by atoms with E-state index in [2.05, 4.69) is 147 Å². The van der Waals surface area contributed by atoms with Crippen LogP contribution in [-0.2, 0) is 0 Å². The summed E-state index contributed by atoms with van der Waals surface area (Å²) in [4.78, 5) is 8.51. The summed E-state index contributed by atoms with van der Waals surface area (Å²) in [5, 5.41) is 0. The van der Waals surface area contributed by atoms with E-state index in [9.17, 15) is 0 Å². The summed E-state index contributed by atoms with van der Waals surface area (Å²) in [6, 6.07) is 39.1. The van der Waals surface area contributed by atoms with Crippen LogP contribution in [0.2, 0.25) is 0 Å². The average Bonchev–Trinajstić information content (AvgIpc) is 3.29. The molecule has 0 saturated heterocycles. The van der Waals surface area contributed by atoms with Crippen LogP contribution in [0.4, 0.5) is 17.1 Å². The van der Waals surface area contributed by atoms with Gasteiger partial charge in [-0.2, -0.15) is 20.1 Å². The monoisotopic (exact) mass is 545 g/mol. The van der Waals surface area contributed by atoms with Crippen LogP contribution in [0.25, 0.3) is 22.3 Å². The van der Waals surface area contributed by atoms with Crippen LogP contribution in [0.15, 0.2) is 123 Å². The van der Waals surface area contributed by atoms with Gasteiger partial charge in [-0.05, 0) is 116 Å². The van der Waals surface area contributed by atoms with Crippen molar-refractivity contribution in [2.75, 3.05) is 29.9 Å². The first-order valence-electron chi connectivity index (χ1n) is 13.5. The Morgan fingerprint density at radius 3 is 1.46 bits per heavy atom. The predicted molar refractivity (Wildman–Crippen MR) is 173 cm³/mol. The van der Waals surface area contributed by atoms with Gasteiger partial charge in [0.05, 0.1) is 0 Å². The fourth-order valence-corrected chi connectivity index (χ4v) is 11.4.